The lowest BCUT2D eigenvalue weighted by molar-refractivity contribution is 1.18. The van der Waals surface area contributed by atoms with Gasteiger partial charge in [0.2, 0.25) is 0 Å². The molecule has 0 fully saturated rings. The Balaban J connectivity index is 1.13. The SMILES string of the molecule is c1ccc(-c2cc(-c3ccc4c(c3)sc3ccccc34)nc(-c3ccc(-c4c5ccccc5cc5c4ccc4ccccc45)cc3)n2)cc1. The van der Waals surface area contributed by atoms with E-state index in [0.717, 1.165) is 28.1 Å². The zero-order chi connectivity index (χ0) is 32.3. The van der Waals surface area contributed by atoms with E-state index in [-0.39, 0.29) is 0 Å². The molecule has 2 heterocycles. The van der Waals surface area contributed by atoms with Crippen molar-refractivity contribution in [1.29, 1.82) is 0 Å². The van der Waals surface area contributed by atoms with E-state index < -0.39 is 0 Å². The average Bonchev–Trinajstić information content (AvgIpc) is 3.55. The molecule has 0 radical (unpaired) electrons. The molecule has 0 saturated heterocycles. The second-order valence-electron chi connectivity index (χ2n) is 12.6. The molecule has 10 aromatic rings. The van der Waals surface area contributed by atoms with Crippen LogP contribution in [-0.4, -0.2) is 9.97 Å². The molecule has 0 atom stereocenters. The van der Waals surface area contributed by atoms with Gasteiger partial charge in [0.1, 0.15) is 0 Å². The summed E-state index contributed by atoms with van der Waals surface area (Å²) in [5, 5.41) is 10.1. The minimum Gasteiger partial charge on any atom is -0.228 e. The molecule has 0 unspecified atom stereocenters. The number of fused-ring (bicyclic) bond motifs is 7. The molecule has 0 aliphatic carbocycles. The molecular formula is C46H28N2S. The minimum atomic E-state index is 0.716. The second-order valence-corrected chi connectivity index (χ2v) is 13.7. The van der Waals surface area contributed by atoms with Gasteiger partial charge in [0.05, 0.1) is 11.4 Å². The van der Waals surface area contributed by atoms with E-state index in [1.807, 2.05) is 17.4 Å². The van der Waals surface area contributed by atoms with Crippen LogP contribution in [0.15, 0.2) is 170 Å². The van der Waals surface area contributed by atoms with E-state index in [2.05, 4.69) is 164 Å². The number of rotatable bonds is 4. The van der Waals surface area contributed by atoms with Crippen LogP contribution in [0.4, 0.5) is 0 Å². The first-order valence-electron chi connectivity index (χ1n) is 16.6. The molecule has 0 aliphatic heterocycles. The Hall–Kier alpha value is -6.16. The zero-order valence-corrected chi connectivity index (χ0v) is 27.3. The fourth-order valence-corrected chi connectivity index (χ4v) is 8.43. The van der Waals surface area contributed by atoms with E-state index in [9.17, 15) is 0 Å². The van der Waals surface area contributed by atoms with Gasteiger partial charge in [-0.2, -0.15) is 0 Å². The molecule has 0 bridgehead atoms. The summed E-state index contributed by atoms with van der Waals surface area (Å²) in [5.41, 5.74) is 7.40. The maximum atomic E-state index is 5.19. The van der Waals surface area contributed by atoms with Crippen LogP contribution >= 0.6 is 11.3 Å². The van der Waals surface area contributed by atoms with Crippen LogP contribution in [0.5, 0.6) is 0 Å². The Labute approximate surface area is 287 Å². The van der Waals surface area contributed by atoms with Gasteiger partial charge < -0.3 is 0 Å². The standard InChI is InChI=1S/C46H28N2S/c1-2-11-30(12-3-1)41-28-42(34-23-24-38-37-16-8-9-17-43(37)49-44(38)27-34)48-46(47-41)32-20-18-31(19-21-32)45-36-15-7-5-13-33(36)26-40-35-14-6-4-10-29(35)22-25-39(40)45/h1-28H. The summed E-state index contributed by atoms with van der Waals surface area (Å²) in [4.78, 5) is 10.3. The fraction of sp³-hybridized carbons (Fsp3) is 0. The molecule has 3 heteroatoms. The highest BCUT2D eigenvalue weighted by molar-refractivity contribution is 7.25. The fourth-order valence-electron chi connectivity index (χ4n) is 7.28. The van der Waals surface area contributed by atoms with Crippen molar-refractivity contribution < 1.29 is 0 Å². The Kier molecular flexibility index (Phi) is 6.39. The average molecular weight is 641 g/mol. The molecule has 0 N–H and O–H groups in total. The summed E-state index contributed by atoms with van der Waals surface area (Å²) >= 11 is 1.83. The molecule has 0 aliphatic rings. The van der Waals surface area contributed by atoms with Crippen molar-refractivity contribution in [1.82, 2.24) is 9.97 Å². The van der Waals surface area contributed by atoms with E-state index in [4.69, 9.17) is 9.97 Å². The lowest BCUT2D eigenvalue weighted by Crippen LogP contribution is -1.96. The van der Waals surface area contributed by atoms with Gasteiger partial charge in [-0.25, -0.2) is 9.97 Å². The Morgan fingerprint density at radius 2 is 0.939 bits per heavy atom. The monoisotopic (exact) mass is 640 g/mol. The summed E-state index contributed by atoms with van der Waals surface area (Å²) < 4.78 is 2.56. The molecule has 0 spiro atoms. The lowest BCUT2D eigenvalue weighted by atomic mass is 9.89. The number of hydrogen-bond donors (Lipinski definition) is 0. The molecule has 228 valence electrons. The van der Waals surface area contributed by atoms with Crippen LogP contribution in [-0.2, 0) is 0 Å². The highest BCUT2D eigenvalue weighted by atomic mass is 32.1. The summed E-state index contributed by atoms with van der Waals surface area (Å²) in [6, 6.07) is 60.9. The Morgan fingerprint density at radius 3 is 1.78 bits per heavy atom. The third-order valence-electron chi connectivity index (χ3n) is 9.67. The molecule has 2 nitrogen and oxygen atoms in total. The largest absolute Gasteiger partial charge is 0.228 e. The van der Waals surface area contributed by atoms with Crippen molar-refractivity contribution in [2.45, 2.75) is 0 Å². The van der Waals surface area contributed by atoms with E-state index in [1.165, 1.54) is 63.6 Å². The summed E-state index contributed by atoms with van der Waals surface area (Å²) in [7, 11) is 0. The quantitative estimate of drug-likeness (QED) is 0.141. The molecule has 0 saturated carbocycles. The predicted molar refractivity (Wildman–Crippen MR) is 209 cm³/mol. The van der Waals surface area contributed by atoms with Crippen LogP contribution in [0.1, 0.15) is 0 Å². The molecule has 2 aromatic heterocycles. The third kappa shape index (κ3) is 4.70. The molecule has 0 amide bonds. The topological polar surface area (TPSA) is 25.8 Å². The summed E-state index contributed by atoms with van der Waals surface area (Å²) in [5.74, 6) is 0.716. The minimum absolute atomic E-state index is 0.716. The van der Waals surface area contributed by atoms with Crippen molar-refractivity contribution in [2.75, 3.05) is 0 Å². The van der Waals surface area contributed by atoms with Crippen molar-refractivity contribution in [3.8, 4) is 45.0 Å². The van der Waals surface area contributed by atoms with Crippen molar-refractivity contribution in [3.63, 3.8) is 0 Å². The van der Waals surface area contributed by atoms with Crippen LogP contribution in [0.25, 0.3) is 97.5 Å². The Morgan fingerprint density at radius 1 is 0.327 bits per heavy atom. The van der Waals surface area contributed by atoms with Crippen LogP contribution in [0.3, 0.4) is 0 Å². The van der Waals surface area contributed by atoms with Crippen molar-refractivity contribution in [2.24, 2.45) is 0 Å². The van der Waals surface area contributed by atoms with Crippen molar-refractivity contribution in [3.05, 3.63) is 170 Å². The van der Waals surface area contributed by atoms with Gasteiger partial charge in [-0.3, -0.25) is 0 Å². The van der Waals surface area contributed by atoms with Gasteiger partial charge in [-0.1, -0.05) is 146 Å². The maximum Gasteiger partial charge on any atom is 0.160 e. The van der Waals surface area contributed by atoms with E-state index in [0.29, 0.717) is 5.82 Å². The number of aromatic nitrogens is 2. The van der Waals surface area contributed by atoms with Gasteiger partial charge >= 0.3 is 0 Å². The summed E-state index contributed by atoms with van der Waals surface area (Å²) in [6.07, 6.45) is 0. The van der Waals surface area contributed by atoms with E-state index >= 15 is 0 Å². The van der Waals surface area contributed by atoms with E-state index in [1.54, 1.807) is 0 Å². The van der Waals surface area contributed by atoms with Gasteiger partial charge in [0.25, 0.3) is 0 Å². The number of nitrogens with zero attached hydrogens (tertiary/aromatic N) is 2. The van der Waals surface area contributed by atoms with Crippen LogP contribution < -0.4 is 0 Å². The second kappa shape index (κ2) is 11.2. The molecule has 49 heavy (non-hydrogen) atoms. The maximum absolute atomic E-state index is 5.19. The van der Waals surface area contributed by atoms with Gasteiger partial charge in [0.15, 0.2) is 5.82 Å². The summed E-state index contributed by atoms with van der Waals surface area (Å²) in [6.45, 7) is 0. The Bertz CT molecular complexity index is 2870. The molecule has 10 rings (SSSR count). The normalized spacial score (nSPS) is 11.7. The first-order chi connectivity index (χ1) is 24.3. The first-order valence-corrected chi connectivity index (χ1v) is 17.4. The zero-order valence-electron chi connectivity index (χ0n) is 26.5. The third-order valence-corrected chi connectivity index (χ3v) is 10.8. The number of hydrogen-bond acceptors (Lipinski definition) is 3. The van der Waals surface area contributed by atoms with Gasteiger partial charge in [0, 0.05) is 36.9 Å². The van der Waals surface area contributed by atoms with Gasteiger partial charge in [-0.05, 0) is 67.7 Å². The van der Waals surface area contributed by atoms with Crippen LogP contribution in [0.2, 0.25) is 0 Å². The highest BCUT2D eigenvalue weighted by Crippen LogP contribution is 2.40. The number of thiophene rings is 1. The highest BCUT2D eigenvalue weighted by Gasteiger charge is 2.15. The lowest BCUT2D eigenvalue weighted by Gasteiger charge is -2.15. The smallest absolute Gasteiger partial charge is 0.160 e. The van der Waals surface area contributed by atoms with Crippen molar-refractivity contribution >= 4 is 63.8 Å². The number of benzene rings is 8. The molecule has 8 aromatic carbocycles. The van der Waals surface area contributed by atoms with Gasteiger partial charge in [-0.15, -0.1) is 11.3 Å². The molecular weight excluding hydrogens is 613 g/mol. The first kappa shape index (κ1) is 27.9. The van der Waals surface area contributed by atoms with Crippen LogP contribution in [0, 0.1) is 0 Å². The predicted octanol–water partition coefficient (Wildman–Crippen LogP) is 13.0.